The van der Waals surface area contributed by atoms with Gasteiger partial charge in [-0.15, -0.1) is 0 Å². The number of nitriles is 1. The Bertz CT molecular complexity index is 306. The van der Waals surface area contributed by atoms with Crippen molar-refractivity contribution in [1.82, 2.24) is 0 Å². The summed E-state index contributed by atoms with van der Waals surface area (Å²) in [5.74, 6) is 0. The van der Waals surface area contributed by atoms with Gasteiger partial charge in [-0.2, -0.15) is 10.3 Å². The van der Waals surface area contributed by atoms with Crippen molar-refractivity contribution in [3.8, 4) is 6.19 Å². The number of aliphatic imine (C=N–C) groups is 1. The third kappa shape index (κ3) is 1.93. The standard InChI is InChI=1S/C10H10N2/c1-2-10(12-8-11)9-6-4-3-5-7-9/h3-7H,2H2,1H3. The molecule has 0 atom stereocenters. The maximum atomic E-state index is 8.39. The molecule has 0 saturated carbocycles. The first-order valence-electron chi connectivity index (χ1n) is 3.89. The van der Waals surface area contributed by atoms with Crippen LogP contribution in [0.5, 0.6) is 0 Å². The molecule has 0 spiro atoms. The SMILES string of the molecule is CCC(=NC#N)c1ccccc1. The largest absolute Gasteiger partial charge is 0.205 e. The number of hydrogen-bond donors (Lipinski definition) is 0. The van der Waals surface area contributed by atoms with Gasteiger partial charge in [0.05, 0.1) is 5.71 Å². The molecule has 60 valence electrons. The Morgan fingerprint density at radius 3 is 2.58 bits per heavy atom. The van der Waals surface area contributed by atoms with Crippen molar-refractivity contribution in [2.45, 2.75) is 13.3 Å². The minimum absolute atomic E-state index is 0.789. The lowest BCUT2D eigenvalue weighted by molar-refractivity contribution is 1.26. The van der Waals surface area contributed by atoms with Gasteiger partial charge in [0.15, 0.2) is 0 Å². The van der Waals surface area contributed by atoms with Crippen LogP contribution in [-0.2, 0) is 0 Å². The van der Waals surface area contributed by atoms with E-state index in [4.69, 9.17) is 5.26 Å². The van der Waals surface area contributed by atoms with E-state index in [1.54, 1.807) is 6.19 Å². The van der Waals surface area contributed by atoms with Crippen LogP contribution in [0.25, 0.3) is 0 Å². The number of rotatable bonds is 2. The van der Waals surface area contributed by atoms with Crippen LogP contribution in [0.2, 0.25) is 0 Å². The third-order valence-electron chi connectivity index (χ3n) is 1.63. The molecule has 0 bridgehead atoms. The van der Waals surface area contributed by atoms with E-state index in [9.17, 15) is 0 Å². The van der Waals surface area contributed by atoms with Crippen LogP contribution < -0.4 is 0 Å². The van der Waals surface area contributed by atoms with Gasteiger partial charge in [-0.05, 0) is 12.0 Å². The van der Waals surface area contributed by atoms with Gasteiger partial charge < -0.3 is 0 Å². The molecular weight excluding hydrogens is 148 g/mol. The average molecular weight is 158 g/mol. The number of hydrogen-bond acceptors (Lipinski definition) is 2. The smallest absolute Gasteiger partial charge is 0.178 e. The number of benzene rings is 1. The maximum absolute atomic E-state index is 8.39. The lowest BCUT2D eigenvalue weighted by Gasteiger charge is -1.98. The molecule has 0 aliphatic rings. The molecule has 12 heavy (non-hydrogen) atoms. The van der Waals surface area contributed by atoms with Crippen LogP contribution in [0.15, 0.2) is 35.3 Å². The first-order valence-corrected chi connectivity index (χ1v) is 3.89. The molecule has 1 aromatic carbocycles. The minimum Gasteiger partial charge on any atom is -0.178 e. The molecule has 1 rings (SSSR count). The van der Waals surface area contributed by atoms with Gasteiger partial charge >= 0.3 is 0 Å². The molecule has 0 fully saturated rings. The molecule has 0 saturated heterocycles. The normalized spacial score (nSPS) is 10.8. The Hall–Kier alpha value is -1.62. The number of nitrogens with zero attached hydrogens (tertiary/aromatic N) is 2. The van der Waals surface area contributed by atoms with Crippen LogP contribution in [0.3, 0.4) is 0 Å². The van der Waals surface area contributed by atoms with Crippen LogP contribution in [0.4, 0.5) is 0 Å². The first kappa shape index (κ1) is 8.48. The van der Waals surface area contributed by atoms with Crippen LogP contribution >= 0.6 is 0 Å². The Morgan fingerprint density at radius 1 is 1.42 bits per heavy atom. The summed E-state index contributed by atoms with van der Waals surface area (Å²) in [6.45, 7) is 1.99. The highest BCUT2D eigenvalue weighted by Gasteiger charge is 1.97. The Balaban J connectivity index is 2.98. The van der Waals surface area contributed by atoms with Gasteiger partial charge in [0.2, 0.25) is 6.19 Å². The van der Waals surface area contributed by atoms with Crippen molar-refractivity contribution in [2.75, 3.05) is 0 Å². The Kier molecular flexibility index (Phi) is 3.04. The Labute approximate surface area is 72.2 Å². The summed E-state index contributed by atoms with van der Waals surface area (Å²) in [4.78, 5) is 3.74. The average Bonchev–Trinajstić information content (AvgIpc) is 2.15. The highest BCUT2D eigenvalue weighted by atomic mass is 14.7. The van der Waals surface area contributed by atoms with Crippen molar-refractivity contribution in [2.24, 2.45) is 4.99 Å². The monoisotopic (exact) mass is 158 g/mol. The summed E-state index contributed by atoms with van der Waals surface area (Å²) in [6, 6.07) is 9.75. The molecule has 0 radical (unpaired) electrons. The van der Waals surface area contributed by atoms with Gasteiger partial charge in [-0.3, -0.25) is 0 Å². The predicted molar refractivity (Wildman–Crippen MR) is 48.9 cm³/mol. The molecule has 0 N–H and O–H groups in total. The van der Waals surface area contributed by atoms with E-state index in [1.807, 2.05) is 37.3 Å². The molecule has 0 aromatic heterocycles. The van der Waals surface area contributed by atoms with E-state index in [0.29, 0.717) is 0 Å². The van der Waals surface area contributed by atoms with Crippen LogP contribution in [0, 0.1) is 11.5 Å². The van der Waals surface area contributed by atoms with Gasteiger partial charge in [0.25, 0.3) is 0 Å². The summed E-state index contributed by atoms with van der Waals surface area (Å²) in [5.41, 5.74) is 1.87. The molecule has 2 heteroatoms. The second kappa shape index (κ2) is 4.30. The first-order chi connectivity index (χ1) is 5.88. The molecule has 2 nitrogen and oxygen atoms in total. The van der Waals surface area contributed by atoms with Crippen molar-refractivity contribution in [3.05, 3.63) is 35.9 Å². The lowest BCUT2D eigenvalue weighted by atomic mass is 10.1. The molecule has 0 heterocycles. The highest BCUT2D eigenvalue weighted by molar-refractivity contribution is 6.00. The zero-order valence-corrected chi connectivity index (χ0v) is 6.99. The van der Waals surface area contributed by atoms with Gasteiger partial charge in [0.1, 0.15) is 0 Å². The van der Waals surface area contributed by atoms with E-state index in [1.165, 1.54) is 0 Å². The lowest BCUT2D eigenvalue weighted by Crippen LogP contribution is -1.97. The van der Waals surface area contributed by atoms with E-state index >= 15 is 0 Å². The quantitative estimate of drug-likeness (QED) is 0.480. The zero-order chi connectivity index (χ0) is 8.81. The molecule has 0 aliphatic heterocycles. The Morgan fingerprint density at radius 2 is 2.08 bits per heavy atom. The summed E-state index contributed by atoms with van der Waals surface area (Å²) < 4.78 is 0. The topological polar surface area (TPSA) is 36.1 Å². The van der Waals surface area contributed by atoms with Gasteiger partial charge in [-0.1, -0.05) is 37.3 Å². The minimum atomic E-state index is 0.789. The van der Waals surface area contributed by atoms with Crippen LogP contribution in [0.1, 0.15) is 18.9 Å². The fourth-order valence-electron chi connectivity index (χ4n) is 1.04. The summed E-state index contributed by atoms with van der Waals surface area (Å²) in [6.07, 6.45) is 2.59. The molecule has 0 aliphatic carbocycles. The predicted octanol–water partition coefficient (Wildman–Crippen LogP) is 2.37. The molecule has 0 amide bonds. The maximum Gasteiger partial charge on any atom is 0.205 e. The van der Waals surface area contributed by atoms with Crippen molar-refractivity contribution < 1.29 is 0 Å². The second-order valence-corrected chi connectivity index (χ2v) is 2.38. The fraction of sp³-hybridized carbons (Fsp3) is 0.200. The fourth-order valence-corrected chi connectivity index (χ4v) is 1.04. The highest BCUT2D eigenvalue weighted by Crippen LogP contribution is 2.03. The summed E-state index contributed by atoms with van der Waals surface area (Å²) >= 11 is 0. The molecule has 0 unspecified atom stereocenters. The third-order valence-corrected chi connectivity index (χ3v) is 1.63. The second-order valence-electron chi connectivity index (χ2n) is 2.38. The van der Waals surface area contributed by atoms with E-state index < -0.39 is 0 Å². The van der Waals surface area contributed by atoms with Gasteiger partial charge in [-0.25, -0.2) is 0 Å². The molecular formula is C10H10N2. The van der Waals surface area contributed by atoms with Gasteiger partial charge in [0, 0.05) is 0 Å². The zero-order valence-electron chi connectivity index (χ0n) is 6.99. The van der Waals surface area contributed by atoms with Crippen molar-refractivity contribution in [1.29, 1.82) is 5.26 Å². The van der Waals surface area contributed by atoms with E-state index in [2.05, 4.69) is 4.99 Å². The van der Waals surface area contributed by atoms with Crippen LogP contribution in [-0.4, -0.2) is 5.71 Å². The molecule has 1 aromatic rings. The van der Waals surface area contributed by atoms with E-state index in [-0.39, 0.29) is 0 Å². The summed E-state index contributed by atoms with van der Waals surface area (Å²) in [5, 5.41) is 8.39. The van der Waals surface area contributed by atoms with Crippen molar-refractivity contribution in [3.63, 3.8) is 0 Å². The van der Waals surface area contributed by atoms with Crippen molar-refractivity contribution >= 4 is 5.71 Å². The summed E-state index contributed by atoms with van der Waals surface area (Å²) in [7, 11) is 0. The van der Waals surface area contributed by atoms with E-state index in [0.717, 1.165) is 17.7 Å².